The van der Waals surface area contributed by atoms with Crippen molar-refractivity contribution in [1.82, 2.24) is 20.0 Å². The van der Waals surface area contributed by atoms with E-state index >= 15 is 0 Å². The van der Waals surface area contributed by atoms with Crippen LogP contribution in [0.1, 0.15) is 28.7 Å². The maximum absolute atomic E-state index is 14.3. The molecule has 206 valence electrons. The third-order valence-electron chi connectivity index (χ3n) is 6.56. The number of hydrogen-bond acceptors (Lipinski definition) is 5. The summed E-state index contributed by atoms with van der Waals surface area (Å²) in [6.07, 6.45) is -8.18. The molecule has 0 aliphatic carbocycles. The van der Waals surface area contributed by atoms with E-state index in [1.165, 1.54) is 17.0 Å². The van der Waals surface area contributed by atoms with Crippen molar-refractivity contribution in [2.24, 2.45) is 0 Å². The van der Waals surface area contributed by atoms with E-state index in [0.29, 0.717) is 47.3 Å². The van der Waals surface area contributed by atoms with Crippen LogP contribution in [0.15, 0.2) is 47.5 Å². The van der Waals surface area contributed by atoms with Crippen LogP contribution in [0.2, 0.25) is 0 Å². The number of hydrogen-bond donors (Lipinski definition) is 1. The summed E-state index contributed by atoms with van der Waals surface area (Å²) >= 11 is 0.695. The number of fused-ring (bicyclic) bond motifs is 1. The number of nitrogens with one attached hydrogen (secondary N) is 1. The molecule has 3 aromatic rings. The molecule has 2 aromatic carbocycles. The normalized spacial score (nSPS) is 21.9. The average Bonchev–Trinajstić information content (AvgIpc) is 3.37. The molecule has 0 bridgehead atoms. The van der Waals surface area contributed by atoms with Gasteiger partial charge in [0.15, 0.2) is 0 Å². The first-order chi connectivity index (χ1) is 18.3. The fraction of sp³-hybridized carbons (Fsp3) is 0.320. The molecule has 0 saturated carbocycles. The monoisotopic (exact) mass is 572 g/mol. The van der Waals surface area contributed by atoms with Gasteiger partial charge >= 0.3 is 12.4 Å². The Labute approximate surface area is 220 Å². The van der Waals surface area contributed by atoms with Gasteiger partial charge in [0.2, 0.25) is 0 Å². The molecule has 2 amide bonds. The summed E-state index contributed by atoms with van der Waals surface area (Å²) in [5, 5.41) is 6.89. The fourth-order valence-electron chi connectivity index (χ4n) is 4.65. The number of thioether (sulfide) groups is 1. The van der Waals surface area contributed by atoms with Gasteiger partial charge in [-0.25, -0.2) is 4.39 Å². The van der Waals surface area contributed by atoms with Gasteiger partial charge in [-0.15, -0.1) is 0 Å². The van der Waals surface area contributed by atoms with Gasteiger partial charge in [-0.1, -0.05) is 12.1 Å². The number of carbonyl (C=O) groups is 2. The number of aromatic nitrogens is 2. The van der Waals surface area contributed by atoms with Crippen molar-refractivity contribution in [2.75, 3.05) is 13.1 Å². The van der Waals surface area contributed by atoms with Crippen LogP contribution < -0.4 is 5.32 Å². The highest BCUT2D eigenvalue weighted by Crippen LogP contribution is 2.38. The summed E-state index contributed by atoms with van der Waals surface area (Å²) in [5.74, 6) is -0.600. The Balaban J connectivity index is 1.40. The van der Waals surface area contributed by atoms with E-state index in [1.54, 1.807) is 18.2 Å². The zero-order valence-electron chi connectivity index (χ0n) is 19.8. The van der Waals surface area contributed by atoms with Crippen LogP contribution in [0.5, 0.6) is 0 Å². The summed E-state index contributed by atoms with van der Waals surface area (Å²) < 4.78 is 95.2. The number of rotatable bonds is 4. The van der Waals surface area contributed by atoms with Gasteiger partial charge in [0.25, 0.3) is 11.1 Å². The highest BCUT2D eigenvalue weighted by atomic mass is 32.2. The molecule has 2 unspecified atom stereocenters. The molecule has 2 atom stereocenters. The summed E-state index contributed by atoms with van der Waals surface area (Å²) in [4.78, 5) is 26.4. The smallest absolute Gasteiger partial charge is 0.314 e. The summed E-state index contributed by atoms with van der Waals surface area (Å²) in [6.45, 7) is 0.0852. The summed E-state index contributed by atoms with van der Waals surface area (Å²) in [5.41, 5.74) is -2.29. The maximum atomic E-state index is 14.3. The zero-order valence-corrected chi connectivity index (χ0v) is 20.6. The first kappa shape index (κ1) is 27.2. The van der Waals surface area contributed by atoms with Gasteiger partial charge in [0, 0.05) is 11.9 Å². The molecule has 14 heteroatoms. The fourth-order valence-corrected chi connectivity index (χ4v) is 5.54. The molecule has 5 rings (SSSR count). The molecule has 2 fully saturated rings. The summed E-state index contributed by atoms with van der Waals surface area (Å²) in [6, 6.07) is 5.32. The average molecular weight is 573 g/mol. The van der Waals surface area contributed by atoms with Crippen LogP contribution in [0.3, 0.4) is 0 Å². The molecule has 3 heterocycles. The quantitative estimate of drug-likeness (QED) is 0.314. The van der Waals surface area contributed by atoms with E-state index in [4.69, 9.17) is 0 Å². The Kier molecular flexibility index (Phi) is 6.95. The topological polar surface area (TPSA) is 67.2 Å². The number of imide groups is 1. The Bertz CT molecular complexity index is 1480. The number of benzene rings is 2. The van der Waals surface area contributed by atoms with E-state index < -0.39 is 53.4 Å². The first-order valence-corrected chi connectivity index (χ1v) is 12.5. The van der Waals surface area contributed by atoms with Gasteiger partial charge in [0.05, 0.1) is 40.3 Å². The largest absolute Gasteiger partial charge is 0.416 e. The Hall–Kier alpha value is -3.39. The molecule has 2 aliphatic heterocycles. The van der Waals surface area contributed by atoms with Gasteiger partial charge in [-0.3, -0.25) is 19.2 Å². The van der Waals surface area contributed by atoms with Crippen LogP contribution in [0.25, 0.3) is 17.0 Å². The van der Waals surface area contributed by atoms with Gasteiger partial charge < -0.3 is 5.32 Å². The lowest BCUT2D eigenvalue weighted by atomic mass is 10.0. The SMILES string of the molecule is O=C1SC(=Cc2ccc3c(cnn3Cc3ccc(C(F)(F)F)cc3C(F)(F)F)c2)C(=O)N1C1CCNCC1F. The maximum Gasteiger partial charge on any atom is 0.416 e. The summed E-state index contributed by atoms with van der Waals surface area (Å²) in [7, 11) is 0. The lowest BCUT2D eigenvalue weighted by molar-refractivity contribution is -0.143. The van der Waals surface area contributed by atoms with Crippen LogP contribution in [-0.2, 0) is 23.7 Å². The van der Waals surface area contributed by atoms with Crippen molar-refractivity contribution in [3.05, 3.63) is 69.8 Å². The molecular formula is C25H19F7N4O2S. The van der Waals surface area contributed by atoms with Crippen molar-refractivity contribution < 1.29 is 40.3 Å². The standard InChI is InChI=1S/C25H19F7N4O2S/c26-18-11-33-6-5-20(18)36-22(37)21(39-23(36)38)8-13-1-4-19-15(7-13)10-34-35(19)12-14-2-3-16(24(27,28)29)9-17(14)25(30,31)32/h1-4,7-10,18,20,33H,5-6,11-12H2. The van der Waals surface area contributed by atoms with E-state index in [1.807, 2.05) is 0 Å². The molecular weight excluding hydrogens is 553 g/mol. The molecule has 0 radical (unpaired) electrons. The van der Waals surface area contributed by atoms with E-state index in [-0.39, 0.29) is 23.1 Å². The highest BCUT2D eigenvalue weighted by molar-refractivity contribution is 8.18. The van der Waals surface area contributed by atoms with Crippen molar-refractivity contribution in [3.63, 3.8) is 0 Å². The minimum absolute atomic E-state index is 0.0447. The van der Waals surface area contributed by atoms with Crippen LogP contribution in [-0.4, -0.2) is 51.1 Å². The minimum Gasteiger partial charge on any atom is -0.314 e. The molecule has 1 N–H and O–H groups in total. The van der Waals surface area contributed by atoms with Crippen molar-refractivity contribution in [2.45, 2.75) is 37.5 Å². The molecule has 39 heavy (non-hydrogen) atoms. The van der Waals surface area contributed by atoms with Crippen molar-refractivity contribution >= 4 is 39.9 Å². The Morgan fingerprint density at radius 3 is 2.51 bits per heavy atom. The van der Waals surface area contributed by atoms with Crippen molar-refractivity contribution in [3.8, 4) is 0 Å². The van der Waals surface area contributed by atoms with E-state index in [2.05, 4.69) is 10.4 Å². The zero-order chi connectivity index (χ0) is 28.1. The second kappa shape index (κ2) is 9.97. The third-order valence-corrected chi connectivity index (χ3v) is 7.44. The molecule has 0 spiro atoms. The third kappa shape index (κ3) is 5.39. The van der Waals surface area contributed by atoms with Crippen LogP contribution in [0.4, 0.5) is 35.5 Å². The molecule has 6 nitrogen and oxygen atoms in total. The number of piperidine rings is 1. The molecule has 1 aromatic heterocycles. The molecule has 2 aliphatic rings. The highest BCUT2D eigenvalue weighted by Gasteiger charge is 2.44. The van der Waals surface area contributed by atoms with Gasteiger partial charge in [-0.2, -0.15) is 31.4 Å². The second-order valence-corrected chi connectivity index (χ2v) is 10.1. The van der Waals surface area contributed by atoms with Crippen molar-refractivity contribution in [1.29, 1.82) is 0 Å². The Morgan fingerprint density at radius 1 is 1.05 bits per heavy atom. The predicted molar refractivity (Wildman–Crippen MR) is 129 cm³/mol. The van der Waals surface area contributed by atoms with Crippen LogP contribution >= 0.6 is 11.8 Å². The van der Waals surface area contributed by atoms with E-state index in [0.717, 1.165) is 11.0 Å². The van der Waals surface area contributed by atoms with Gasteiger partial charge in [0.1, 0.15) is 6.17 Å². The number of amides is 2. The predicted octanol–water partition coefficient (Wildman–Crippen LogP) is 5.86. The first-order valence-electron chi connectivity index (χ1n) is 11.7. The lowest BCUT2D eigenvalue weighted by Gasteiger charge is -2.32. The lowest BCUT2D eigenvalue weighted by Crippen LogP contribution is -2.52. The second-order valence-electron chi connectivity index (χ2n) is 9.12. The van der Waals surface area contributed by atoms with E-state index in [9.17, 15) is 40.3 Å². The van der Waals surface area contributed by atoms with Crippen LogP contribution in [0, 0.1) is 0 Å². The number of alkyl halides is 7. The number of nitrogens with zero attached hydrogens (tertiary/aromatic N) is 3. The minimum atomic E-state index is -5.01. The Morgan fingerprint density at radius 2 is 1.82 bits per heavy atom. The van der Waals surface area contributed by atoms with Gasteiger partial charge in [-0.05, 0) is 66.2 Å². The molecule has 2 saturated heterocycles. The number of halogens is 7. The number of carbonyl (C=O) groups excluding carboxylic acids is 2.